The van der Waals surface area contributed by atoms with E-state index >= 15 is 0 Å². The Morgan fingerprint density at radius 2 is 2.29 bits per heavy atom. The van der Waals surface area contributed by atoms with Crippen LogP contribution in [0.25, 0.3) is 0 Å². The lowest BCUT2D eigenvalue weighted by Gasteiger charge is -2.15. The molecule has 0 radical (unpaired) electrons. The summed E-state index contributed by atoms with van der Waals surface area (Å²) in [6.07, 6.45) is 1.78. The average molecular weight is 198 g/mol. The Hall–Kier alpha value is -1.06. The van der Waals surface area contributed by atoms with Gasteiger partial charge in [0.05, 0.1) is 6.54 Å². The molecule has 0 saturated carbocycles. The van der Waals surface area contributed by atoms with E-state index in [1.165, 1.54) is 0 Å². The van der Waals surface area contributed by atoms with Crippen LogP contribution in [0.4, 0.5) is 0 Å². The van der Waals surface area contributed by atoms with E-state index in [9.17, 15) is 9.59 Å². The number of nitrogens with two attached hydrogens (primary N) is 1. The lowest BCUT2D eigenvalue weighted by molar-refractivity contribution is -0.134. The first kappa shape index (κ1) is 11.0. The molecule has 0 spiro atoms. The van der Waals surface area contributed by atoms with Crippen molar-refractivity contribution in [3.8, 4) is 0 Å². The summed E-state index contributed by atoms with van der Waals surface area (Å²) < 4.78 is 0. The summed E-state index contributed by atoms with van der Waals surface area (Å²) in [5.41, 5.74) is 5.05. The van der Waals surface area contributed by atoms with Crippen molar-refractivity contribution >= 4 is 11.8 Å². The largest absolute Gasteiger partial charge is 0.368 e. The molecule has 1 heterocycles. The van der Waals surface area contributed by atoms with Crippen LogP contribution in [-0.4, -0.2) is 29.8 Å². The van der Waals surface area contributed by atoms with Crippen LogP contribution in [0, 0.1) is 11.8 Å². The fourth-order valence-electron chi connectivity index (χ4n) is 1.94. The highest BCUT2D eigenvalue weighted by molar-refractivity contribution is 5.86. The summed E-state index contributed by atoms with van der Waals surface area (Å²) in [5.74, 6) is 0.299. The third-order valence-corrected chi connectivity index (χ3v) is 2.51. The van der Waals surface area contributed by atoms with E-state index in [2.05, 4.69) is 13.8 Å². The topological polar surface area (TPSA) is 63.4 Å². The van der Waals surface area contributed by atoms with Gasteiger partial charge in [0.25, 0.3) is 0 Å². The van der Waals surface area contributed by atoms with Gasteiger partial charge in [0, 0.05) is 12.5 Å². The van der Waals surface area contributed by atoms with Crippen LogP contribution in [0.15, 0.2) is 0 Å². The summed E-state index contributed by atoms with van der Waals surface area (Å²) in [7, 11) is 0. The van der Waals surface area contributed by atoms with Crippen molar-refractivity contribution in [3.63, 3.8) is 0 Å². The van der Waals surface area contributed by atoms with Gasteiger partial charge in [0.2, 0.25) is 11.8 Å². The molecule has 2 N–H and O–H groups in total. The maximum absolute atomic E-state index is 11.7. The Kier molecular flexibility index (Phi) is 3.49. The molecule has 1 fully saturated rings. The van der Waals surface area contributed by atoms with Crippen LogP contribution in [-0.2, 0) is 9.59 Å². The first-order valence-corrected chi connectivity index (χ1v) is 5.07. The zero-order valence-electron chi connectivity index (χ0n) is 8.82. The van der Waals surface area contributed by atoms with Gasteiger partial charge < -0.3 is 10.6 Å². The zero-order chi connectivity index (χ0) is 10.7. The van der Waals surface area contributed by atoms with Crippen molar-refractivity contribution in [1.82, 2.24) is 4.90 Å². The van der Waals surface area contributed by atoms with Crippen LogP contribution in [0.3, 0.4) is 0 Å². The van der Waals surface area contributed by atoms with E-state index in [1.807, 2.05) is 0 Å². The number of nitrogens with zero attached hydrogens (tertiary/aromatic N) is 1. The molecule has 0 aliphatic carbocycles. The Morgan fingerprint density at radius 1 is 1.64 bits per heavy atom. The molecule has 1 unspecified atom stereocenters. The summed E-state index contributed by atoms with van der Waals surface area (Å²) in [6.45, 7) is 4.96. The summed E-state index contributed by atoms with van der Waals surface area (Å²) in [4.78, 5) is 23.9. The normalized spacial score (nSPS) is 22.1. The van der Waals surface area contributed by atoms with Gasteiger partial charge >= 0.3 is 0 Å². The second-order valence-electron chi connectivity index (χ2n) is 4.34. The van der Waals surface area contributed by atoms with Crippen molar-refractivity contribution in [3.05, 3.63) is 0 Å². The Labute approximate surface area is 84.4 Å². The van der Waals surface area contributed by atoms with Crippen LogP contribution < -0.4 is 5.73 Å². The highest BCUT2D eigenvalue weighted by Gasteiger charge is 2.32. The minimum atomic E-state index is -0.427. The molecule has 80 valence electrons. The van der Waals surface area contributed by atoms with Crippen molar-refractivity contribution in [2.45, 2.75) is 26.7 Å². The van der Waals surface area contributed by atoms with E-state index in [1.54, 1.807) is 4.90 Å². The molecule has 0 bridgehead atoms. The second-order valence-corrected chi connectivity index (χ2v) is 4.34. The van der Waals surface area contributed by atoms with Crippen LogP contribution in [0.2, 0.25) is 0 Å². The number of carbonyl (C=O) groups excluding carboxylic acids is 2. The first-order chi connectivity index (χ1) is 6.50. The van der Waals surface area contributed by atoms with E-state index in [0.29, 0.717) is 12.5 Å². The van der Waals surface area contributed by atoms with Crippen molar-refractivity contribution in [2.24, 2.45) is 17.6 Å². The molecular weight excluding hydrogens is 180 g/mol. The molecule has 0 aromatic rings. The molecule has 1 aliphatic rings. The quantitative estimate of drug-likeness (QED) is 0.709. The van der Waals surface area contributed by atoms with Gasteiger partial charge in [-0.25, -0.2) is 0 Å². The Bertz CT molecular complexity index is 238. The van der Waals surface area contributed by atoms with E-state index in [4.69, 9.17) is 5.73 Å². The molecule has 0 aromatic carbocycles. The standard InChI is InChI=1S/C10H18N2O2/c1-7(2)5-8-3-4-12(10(8)14)6-9(11)13/h7-8H,3-6H2,1-2H3,(H2,11,13). The van der Waals surface area contributed by atoms with Gasteiger partial charge in [0.15, 0.2) is 0 Å². The minimum Gasteiger partial charge on any atom is -0.368 e. The smallest absolute Gasteiger partial charge is 0.237 e. The molecule has 2 amide bonds. The number of likely N-dealkylation sites (tertiary alicyclic amines) is 1. The van der Waals surface area contributed by atoms with E-state index in [0.717, 1.165) is 12.8 Å². The fraction of sp³-hybridized carbons (Fsp3) is 0.800. The predicted octanol–water partition coefficient (Wildman–Crippen LogP) is 0.366. The SMILES string of the molecule is CC(C)CC1CCN(CC(N)=O)C1=O. The monoisotopic (exact) mass is 198 g/mol. The minimum absolute atomic E-state index is 0.0768. The molecule has 1 atom stereocenters. The van der Waals surface area contributed by atoms with Crippen LogP contribution in [0.5, 0.6) is 0 Å². The summed E-state index contributed by atoms with van der Waals surface area (Å²) >= 11 is 0. The van der Waals surface area contributed by atoms with Crippen molar-refractivity contribution < 1.29 is 9.59 Å². The van der Waals surface area contributed by atoms with Gasteiger partial charge in [-0.1, -0.05) is 13.8 Å². The molecule has 4 heteroatoms. The molecule has 1 saturated heterocycles. The van der Waals surface area contributed by atoms with Crippen molar-refractivity contribution in [2.75, 3.05) is 13.1 Å². The van der Waals surface area contributed by atoms with E-state index in [-0.39, 0.29) is 18.4 Å². The van der Waals surface area contributed by atoms with Gasteiger partial charge in [-0.15, -0.1) is 0 Å². The van der Waals surface area contributed by atoms with Gasteiger partial charge in [0.1, 0.15) is 0 Å². The number of hydrogen-bond acceptors (Lipinski definition) is 2. The summed E-state index contributed by atoms with van der Waals surface area (Å²) in [6, 6.07) is 0. The maximum Gasteiger partial charge on any atom is 0.237 e. The lowest BCUT2D eigenvalue weighted by atomic mass is 9.96. The molecular formula is C10H18N2O2. The molecule has 1 aliphatic heterocycles. The van der Waals surface area contributed by atoms with Gasteiger partial charge in [-0.05, 0) is 18.8 Å². The molecule has 1 rings (SSSR count). The molecule has 14 heavy (non-hydrogen) atoms. The number of amides is 2. The number of hydrogen-bond donors (Lipinski definition) is 1. The number of carbonyl (C=O) groups is 2. The van der Waals surface area contributed by atoms with Crippen LogP contribution >= 0.6 is 0 Å². The highest BCUT2D eigenvalue weighted by atomic mass is 16.2. The maximum atomic E-state index is 11.7. The van der Waals surface area contributed by atoms with Crippen LogP contribution in [0.1, 0.15) is 26.7 Å². The first-order valence-electron chi connectivity index (χ1n) is 5.07. The third-order valence-electron chi connectivity index (χ3n) is 2.51. The number of primary amides is 1. The highest BCUT2D eigenvalue weighted by Crippen LogP contribution is 2.24. The Morgan fingerprint density at radius 3 is 2.79 bits per heavy atom. The average Bonchev–Trinajstić information content (AvgIpc) is 2.34. The second kappa shape index (κ2) is 4.44. The van der Waals surface area contributed by atoms with Gasteiger partial charge in [-0.2, -0.15) is 0 Å². The lowest BCUT2D eigenvalue weighted by Crippen LogP contribution is -2.35. The predicted molar refractivity (Wildman–Crippen MR) is 53.3 cm³/mol. The Balaban J connectivity index is 2.47. The molecule has 0 aromatic heterocycles. The summed E-state index contributed by atoms with van der Waals surface area (Å²) in [5, 5.41) is 0. The fourth-order valence-corrected chi connectivity index (χ4v) is 1.94. The van der Waals surface area contributed by atoms with E-state index < -0.39 is 5.91 Å². The number of rotatable bonds is 4. The third kappa shape index (κ3) is 2.72. The zero-order valence-corrected chi connectivity index (χ0v) is 8.82. The van der Waals surface area contributed by atoms with Gasteiger partial charge in [-0.3, -0.25) is 9.59 Å². The molecule has 4 nitrogen and oxygen atoms in total. The van der Waals surface area contributed by atoms with Crippen molar-refractivity contribution in [1.29, 1.82) is 0 Å².